The molecular weight excluding hydrogens is 230 g/mol. The van der Waals surface area contributed by atoms with Gasteiger partial charge in [0.1, 0.15) is 0 Å². The molecule has 0 saturated heterocycles. The van der Waals surface area contributed by atoms with Crippen molar-refractivity contribution in [1.29, 1.82) is 0 Å². The van der Waals surface area contributed by atoms with Gasteiger partial charge in [-0.05, 0) is 42.3 Å². The Hall–Kier alpha value is -0.820. The maximum atomic E-state index is 3.51. The van der Waals surface area contributed by atoms with Crippen LogP contribution >= 0.6 is 0 Å². The molecule has 0 unspecified atom stereocenters. The average molecular weight is 261 g/mol. The Morgan fingerprint density at radius 3 is 2.26 bits per heavy atom. The van der Waals surface area contributed by atoms with E-state index < -0.39 is 0 Å². The lowest BCUT2D eigenvalue weighted by Crippen LogP contribution is -2.29. The monoisotopic (exact) mass is 261 g/mol. The van der Waals surface area contributed by atoms with E-state index in [9.17, 15) is 0 Å². The molecule has 0 aromatic heterocycles. The maximum Gasteiger partial charge on any atom is 0.00103 e. The minimum Gasteiger partial charge on any atom is -0.315 e. The third-order valence-electron chi connectivity index (χ3n) is 3.86. The largest absolute Gasteiger partial charge is 0.315 e. The van der Waals surface area contributed by atoms with Crippen molar-refractivity contribution in [1.82, 2.24) is 5.32 Å². The summed E-state index contributed by atoms with van der Waals surface area (Å²) in [6, 6.07) is 9.83. The fourth-order valence-corrected chi connectivity index (χ4v) is 2.32. The van der Waals surface area contributed by atoms with E-state index in [-0.39, 0.29) is 5.41 Å². The van der Waals surface area contributed by atoms with Gasteiger partial charge in [0.05, 0.1) is 0 Å². The summed E-state index contributed by atoms with van der Waals surface area (Å²) in [6.07, 6.45) is 4.96. The van der Waals surface area contributed by atoms with E-state index in [2.05, 4.69) is 64.2 Å². The molecule has 0 atom stereocenters. The third-order valence-corrected chi connectivity index (χ3v) is 3.86. The van der Waals surface area contributed by atoms with Crippen LogP contribution in [0.2, 0.25) is 0 Å². The van der Waals surface area contributed by atoms with Crippen LogP contribution in [0.5, 0.6) is 0 Å². The molecule has 0 amide bonds. The van der Waals surface area contributed by atoms with Crippen molar-refractivity contribution in [3.8, 4) is 0 Å². The number of hydrogen-bond donors (Lipinski definition) is 1. The zero-order valence-corrected chi connectivity index (χ0v) is 13.4. The molecule has 0 spiro atoms. The van der Waals surface area contributed by atoms with Crippen LogP contribution in [0.1, 0.15) is 65.0 Å². The van der Waals surface area contributed by atoms with Crippen molar-refractivity contribution in [2.75, 3.05) is 6.54 Å². The Bertz CT molecular complexity index is 348. The van der Waals surface area contributed by atoms with E-state index in [4.69, 9.17) is 0 Å². The molecule has 0 radical (unpaired) electrons. The van der Waals surface area contributed by atoms with Crippen molar-refractivity contribution in [3.63, 3.8) is 0 Å². The van der Waals surface area contributed by atoms with E-state index >= 15 is 0 Å². The average Bonchev–Trinajstić information content (AvgIpc) is 2.36. The molecule has 1 nitrogen and oxygen atoms in total. The van der Waals surface area contributed by atoms with Gasteiger partial charge >= 0.3 is 0 Å². The predicted molar refractivity (Wildman–Crippen MR) is 85.8 cm³/mol. The second kappa shape index (κ2) is 7.69. The van der Waals surface area contributed by atoms with Crippen LogP contribution in [0.4, 0.5) is 0 Å². The normalized spacial score (nSPS) is 12.1. The number of nitrogens with one attached hydrogen (secondary N) is 1. The van der Waals surface area contributed by atoms with Gasteiger partial charge in [0.15, 0.2) is 0 Å². The van der Waals surface area contributed by atoms with Crippen LogP contribution in [0.3, 0.4) is 0 Å². The van der Waals surface area contributed by atoms with Gasteiger partial charge in [0.25, 0.3) is 0 Å². The Morgan fingerprint density at radius 1 is 1.11 bits per heavy atom. The first-order chi connectivity index (χ1) is 8.95. The smallest absolute Gasteiger partial charge is 0.00103 e. The standard InChI is InChI=1S/C18H31N/c1-6-7-8-16-9-11-17(12-10-16)18(4,5)13-14-19-15(2)3/h9-12,15,19H,6-8,13-14H2,1-5H3. The van der Waals surface area contributed by atoms with Crippen molar-refractivity contribution in [2.45, 2.75) is 71.8 Å². The predicted octanol–water partition coefficient (Wildman–Crippen LogP) is 4.69. The molecule has 0 aliphatic carbocycles. The van der Waals surface area contributed by atoms with Crippen LogP contribution in [0.15, 0.2) is 24.3 Å². The van der Waals surface area contributed by atoms with Crippen molar-refractivity contribution in [3.05, 3.63) is 35.4 Å². The van der Waals surface area contributed by atoms with Gasteiger partial charge in [0.2, 0.25) is 0 Å². The summed E-state index contributed by atoms with van der Waals surface area (Å²) in [5, 5.41) is 3.51. The lowest BCUT2D eigenvalue weighted by Gasteiger charge is -2.26. The fraction of sp³-hybridized carbons (Fsp3) is 0.667. The molecule has 0 heterocycles. The second-order valence-electron chi connectivity index (χ2n) is 6.54. The highest BCUT2D eigenvalue weighted by atomic mass is 14.9. The van der Waals surface area contributed by atoms with Crippen LogP contribution < -0.4 is 5.32 Å². The highest BCUT2D eigenvalue weighted by Crippen LogP contribution is 2.27. The third kappa shape index (κ3) is 5.78. The number of aryl methyl sites for hydroxylation is 1. The summed E-state index contributed by atoms with van der Waals surface area (Å²) in [4.78, 5) is 0. The first kappa shape index (κ1) is 16.2. The minimum atomic E-state index is 0.255. The number of unbranched alkanes of at least 4 members (excludes halogenated alkanes) is 1. The molecule has 1 N–H and O–H groups in total. The molecule has 1 rings (SSSR count). The molecule has 0 aliphatic heterocycles. The summed E-state index contributed by atoms with van der Waals surface area (Å²) in [7, 11) is 0. The Morgan fingerprint density at radius 2 is 1.74 bits per heavy atom. The zero-order chi connectivity index (χ0) is 14.3. The van der Waals surface area contributed by atoms with Gasteiger partial charge in [-0.1, -0.05) is 65.3 Å². The van der Waals surface area contributed by atoms with Crippen LogP contribution in [0.25, 0.3) is 0 Å². The molecule has 0 aliphatic rings. The maximum absolute atomic E-state index is 3.51. The highest BCUT2D eigenvalue weighted by Gasteiger charge is 2.19. The lowest BCUT2D eigenvalue weighted by atomic mass is 9.81. The quantitative estimate of drug-likeness (QED) is 0.715. The number of hydrogen-bond acceptors (Lipinski definition) is 1. The minimum absolute atomic E-state index is 0.255. The van der Waals surface area contributed by atoms with Crippen molar-refractivity contribution < 1.29 is 0 Å². The van der Waals surface area contributed by atoms with Gasteiger partial charge in [-0.25, -0.2) is 0 Å². The highest BCUT2D eigenvalue weighted by molar-refractivity contribution is 5.28. The molecule has 0 fully saturated rings. The SMILES string of the molecule is CCCCc1ccc(C(C)(C)CCNC(C)C)cc1. The Labute approximate surface area is 119 Å². The van der Waals surface area contributed by atoms with E-state index in [1.54, 1.807) is 0 Å². The number of benzene rings is 1. The van der Waals surface area contributed by atoms with Gasteiger partial charge in [0, 0.05) is 6.04 Å². The van der Waals surface area contributed by atoms with Crippen molar-refractivity contribution in [2.24, 2.45) is 0 Å². The van der Waals surface area contributed by atoms with E-state index in [0.29, 0.717) is 6.04 Å². The zero-order valence-electron chi connectivity index (χ0n) is 13.4. The lowest BCUT2D eigenvalue weighted by molar-refractivity contribution is 0.441. The van der Waals surface area contributed by atoms with E-state index in [1.807, 2.05) is 0 Å². The van der Waals surface area contributed by atoms with Gasteiger partial charge in [-0.2, -0.15) is 0 Å². The molecule has 19 heavy (non-hydrogen) atoms. The van der Waals surface area contributed by atoms with E-state index in [0.717, 1.165) is 6.54 Å². The van der Waals surface area contributed by atoms with Crippen LogP contribution in [-0.2, 0) is 11.8 Å². The van der Waals surface area contributed by atoms with Crippen molar-refractivity contribution >= 4 is 0 Å². The summed E-state index contributed by atoms with van der Waals surface area (Å²) >= 11 is 0. The summed E-state index contributed by atoms with van der Waals surface area (Å²) in [6.45, 7) is 12.4. The van der Waals surface area contributed by atoms with Gasteiger partial charge in [-0.3, -0.25) is 0 Å². The molecule has 108 valence electrons. The van der Waals surface area contributed by atoms with Crippen LogP contribution in [-0.4, -0.2) is 12.6 Å². The fourth-order valence-electron chi connectivity index (χ4n) is 2.32. The second-order valence-corrected chi connectivity index (χ2v) is 6.54. The topological polar surface area (TPSA) is 12.0 Å². The van der Waals surface area contributed by atoms with Crippen LogP contribution in [0, 0.1) is 0 Å². The number of rotatable bonds is 8. The first-order valence-corrected chi connectivity index (χ1v) is 7.78. The van der Waals surface area contributed by atoms with Gasteiger partial charge in [-0.15, -0.1) is 0 Å². The van der Waals surface area contributed by atoms with E-state index in [1.165, 1.54) is 36.8 Å². The first-order valence-electron chi connectivity index (χ1n) is 7.78. The molecule has 0 saturated carbocycles. The Kier molecular flexibility index (Phi) is 6.57. The van der Waals surface area contributed by atoms with Gasteiger partial charge < -0.3 is 5.32 Å². The molecule has 0 bridgehead atoms. The Balaban J connectivity index is 2.57. The summed E-state index contributed by atoms with van der Waals surface area (Å²) < 4.78 is 0. The summed E-state index contributed by atoms with van der Waals surface area (Å²) in [5.74, 6) is 0. The molecule has 1 aromatic carbocycles. The molecule has 1 aromatic rings. The molecular formula is C18H31N. The molecule has 1 heteroatoms. The summed E-state index contributed by atoms with van der Waals surface area (Å²) in [5.41, 5.74) is 3.19.